The van der Waals surface area contributed by atoms with Gasteiger partial charge in [0.05, 0.1) is 12.8 Å². The average molecular weight is 347 g/mol. The van der Waals surface area contributed by atoms with E-state index in [1.807, 2.05) is 38.1 Å². The van der Waals surface area contributed by atoms with E-state index in [9.17, 15) is 4.79 Å². The third kappa shape index (κ3) is 5.59. The number of nitrogens with zero attached hydrogens (tertiary/aromatic N) is 1. The first-order valence-electron chi connectivity index (χ1n) is 7.52. The van der Waals surface area contributed by atoms with E-state index in [4.69, 9.17) is 21.1 Å². The second-order valence-electron chi connectivity index (χ2n) is 4.99. The third-order valence-electron chi connectivity index (χ3n) is 3.09. The second kappa shape index (κ2) is 8.93. The number of halogens is 1. The van der Waals surface area contributed by atoms with Gasteiger partial charge in [0.1, 0.15) is 11.5 Å². The van der Waals surface area contributed by atoms with E-state index in [-0.39, 0.29) is 12.5 Å². The molecule has 0 radical (unpaired) electrons. The smallest absolute Gasteiger partial charge is 0.277 e. The van der Waals surface area contributed by atoms with E-state index in [2.05, 4.69) is 10.5 Å². The summed E-state index contributed by atoms with van der Waals surface area (Å²) >= 11 is 5.87. The highest BCUT2D eigenvalue weighted by Gasteiger charge is 2.04. The Morgan fingerprint density at radius 1 is 1.21 bits per heavy atom. The van der Waals surface area contributed by atoms with E-state index < -0.39 is 0 Å². The van der Waals surface area contributed by atoms with Gasteiger partial charge < -0.3 is 9.47 Å². The summed E-state index contributed by atoms with van der Waals surface area (Å²) in [5.74, 6) is 1.07. The van der Waals surface area contributed by atoms with Crippen LogP contribution in [0.5, 0.6) is 11.5 Å². The van der Waals surface area contributed by atoms with Crippen LogP contribution < -0.4 is 14.9 Å². The maximum atomic E-state index is 11.7. The molecular weight excluding hydrogens is 328 g/mol. The number of hydrogen-bond acceptors (Lipinski definition) is 4. The highest BCUT2D eigenvalue weighted by molar-refractivity contribution is 6.30. The predicted molar refractivity (Wildman–Crippen MR) is 95.0 cm³/mol. The minimum Gasteiger partial charge on any atom is -0.494 e. The number of benzene rings is 2. The first-order valence-corrected chi connectivity index (χ1v) is 7.90. The molecule has 2 aromatic rings. The number of aryl methyl sites for hydroxylation is 1. The van der Waals surface area contributed by atoms with Gasteiger partial charge in [-0.15, -0.1) is 0 Å². The van der Waals surface area contributed by atoms with Crippen LogP contribution in [0.15, 0.2) is 47.6 Å². The van der Waals surface area contributed by atoms with Crippen molar-refractivity contribution in [2.75, 3.05) is 13.2 Å². The van der Waals surface area contributed by atoms with Crippen LogP contribution >= 0.6 is 11.6 Å². The van der Waals surface area contributed by atoms with Crippen molar-refractivity contribution in [3.05, 3.63) is 58.6 Å². The molecule has 0 saturated carbocycles. The van der Waals surface area contributed by atoms with Crippen molar-refractivity contribution in [3.63, 3.8) is 0 Å². The molecule has 0 aromatic heterocycles. The van der Waals surface area contributed by atoms with Crippen molar-refractivity contribution >= 4 is 23.7 Å². The molecule has 126 valence electrons. The van der Waals surface area contributed by atoms with Crippen molar-refractivity contribution in [3.8, 4) is 11.5 Å². The molecule has 0 aliphatic heterocycles. The van der Waals surface area contributed by atoms with Gasteiger partial charge in [-0.25, -0.2) is 5.43 Å². The van der Waals surface area contributed by atoms with Crippen molar-refractivity contribution in [2.24, 2.45) is 5.10 Å². The Morgan fingerprint density at radius 3 is 2.62 bits per heavy atom. The Bertz CT molecular complexity index is 715. The number of hydrazone groups is 1. The minimum atomic E-state index is -0.341. The highest BCUT2D eigenvalue weighted by atomic mass is 35.5. The number of ether oxygens (including phenoxy) is 2. The Morgan fingerprint density at radius 2 is 1.96 bits per heavy atom. The van der Waals surface area contributed by atoms with Crippen molar-refractivity contribution < 1.29 is 14.3 Å². The Balaban J connectivity index is 1.80. The Hall–Kier alpha value is -2.53. The van der Waals surface area contributed by atoms with Crippen LogP contribution in [0, 0.1) is 6.92 Å². The molecule has 1 N–H and O–H groups in total. The number of carbonyl (C=O) groups excluding carboxylic acids is 1. The first-order chi connectivity index (χ1) is 11.6. The van der Waals surface area contributed by atoms with E-state index in [1.165, 1.54) is 0 Å². The zero-order valence-electron chi connectivity index (χ0n) is 13.6. The Labute approximate surface area is 146 Å². The molecule has 0 spiro atoms. The lowest BCUT2D eigenvalue weighted by molar-refractivity contribution is -0.123. The highest BCUT2D eigenvalue weighted by Crippen LogP contribution is 2.21. The molecule has 2 aromatic carbocycles. The number of carbonyl (C=O) groups is 1. The average Bonchev–Trinajstić information content (AvgIpc) is 2.56. The number of rotatable bonds is 7. The SMILES string of the molecule is CCOc1ccc(C=NNC(=O)COc2ccc(Cl)cc2C)cc1. The molecule has 2 rings (SSSR count). The number of nitrogens with one attached hydrogen (secondary N) is 1. The van der Waals surface area contributed by atoms with Crippen molar-refractivity contribution in [2.45, 2.75) is 13.8 Å². The number of hydrogen-bond donors (Lipinski definition) is 1. The van der Waals surface area contributed by atoms with Crippen LogP contribution in [0.4, 0.5) is 0 Å². The summed E-state index contributed by atoms with van der Waals surface area (Å²) < 4.78 is 10.8. The van der Waals surface area contributed by atoms with Gasteiger partial charge in [0, 0.05) is 5.02 Å². The van der Waals surface area contributed by atoms with Crippen LogP contribution in [0.2, 0.25) is 5.02 Å². The summed E-state index contributed by atoms with van der Waals surface area (Å²) in [6.07, 6.45) is 1.56. The van der Waals surface area contributed by atoms with Crippen molar-refractivity contribution in [1.29, 1.82) is 0 Å². The molecular formula is C18H19ClN2O3. The topological polar surface area (TPSA) is 59.9 Å². The monoisotopic (exact) mass is 346 g/mol. The van der Waals surface area contributed by atoms with E-state index in [1.54, 1.807) is 24.4 Å². The summed E-state index contributed by atoms with van der Waals surface area (Å²) in [4.78, 5) is 11.7. The van der Waals surface area contributed by atoms with E-state index in [0.717, 1.165) is 16.9 Å². The predicted octanol–water partition coefficient (Wildman–Crippen LogP) is 3.58. The second-order valence-corrected chi connectivity index (χ2v) is 5.43. The summed E-state index contributed by atoms with van der Waals surface area (Å²) in [7, 11) is 0. The summed E-state index contributed by atoms with van der Waals surface area (Å²) in [5, 5.41) is 4.53. The molecule has 0 saturated heterocycles. The third-order valence-corrected chi connectivity index (χ3v) is 3.32. The van der Waals surface area contributed by atoms with Gasteiger partial charge in [0.25, 0.3) is 5.91 Å². The fraction of sp³-hybridized carbons (Fsp3) is 0.222. The lowest BCUT2D eigenvalue weighted by Gasteiger charge is -2.08. The van der Waals surface area contributed by atoms with Gasteiger partial charge in [0.15, 0.2) is 6.61 Å². The van der Waals surface area contributed by atoms with Crippen LogP contribution in [0.1, 0.15) is 18.1 Å². The largest absolute Gasteiger partial charge is 0.494 e. The Kier molecular flexibility index (Phi) is 6.63. The lowest BCUT2D eigenvalue weighted by Crippen LogP contribution is -2.24. The fourth-order valence-corrected chi connectivity index (χ4v) is 2.17. The summed E-state index contributed by atoms with van der Waals surface area (Å²) in [6.45, 7) is 4.29. The molecule has 0 unspecified atom stereocenters. The summed E-state index contributed by atoms with van der Waals surface area (Å²) in [6, 6.07) is 12.6. The molecule has 0 heterocycles. The molecule has 0 aliphatic carbocycles. The van der Waals surface area contributed by atoms with Gasteiger partial charge in [0.2, 0.25) is 0 Å². The molecule has 24 heavy (non-hydrogen) atoms. The molecule has 6 heteroatoms. The quantitative estimate of drug-likeness (QED) is 0.615. The zero-order chi connectivity index (χ0) is 17.4. The molecule has 5 nitrogen and oxygen atoms in total. The van der Waals surface area contributed by atoms with Crippen LogP contribution in [0.25, 0.3) is 0 Å². The van der Waals surface area contributed by atoms with E-state index >= 15 is 0 Å². The summed E-state index contributed by atoms with van der Waals surface area (Å²) in [5.41, 5.74) is 4.14. The van der Waals surface area contributed by atoms with E-state index in [0.29, 0.717) is 17.4 Å². The van der Waals surface area contributed by atoms with Crippen LogP contribution in [-0.4, -0.2) is 25.3 Å². The molecule has 0 atom stereocenters. The van der Waals surface area contributed by atoms with Gasteiger partial charge in [-0.3, -0.25) is 4.79 Å². The van der Waals surface area contributed by atoms with Gasteiger partial charge in [-0.1, -0.05) is 11.6 Å². The van der Waals surface area contributed by atoms with Crippen molar-refractivity contribution in [1.82, 2.24) is 5.43 Å². The normalized spacial score (nSPS) is 10.6. The fourth-order valence-electron chi connectivity index (χ4n) is 1.95. The zero-order valence-corrected chi connectivity index (χ0v) is 14.3. The maximum Gasteiger partial charge on any atom is 0.277 e. The van der Waals surface area contributed by atoms with Crippen LogP contribution in [-0.2, 0) is 4.79 Å². The standard InChI is InChI=1S/C18H19ClN2O3/c1-3-23-16-7-4-14(5-8-16)11-20-21-18(22)12-24-17-9-6-15(19)10-13(17)2/h4-11H,3,12H2,1-2H3,(H,21,22). The maximum absolute atomic E-state index is 11.7. The number of amides is 1. The molecule has 0 bridgehead atoms. The minimum absolute atomic E-state index is 0.122. The van der Waals surface area contributed by atoms with Crippen LogP contribution in [0.3, 0.4) is 0 Å². The molecule has 0 aliphatic rings. The van der Waals surface area contributed by atoms with Gasteiger partial charge in [-0.05, 0) is 67.4 Å². The first kappa shape index (κ1) is 17.8. The van der Waals surface area contributed by atoms with Gasteiger partial charge >= 0.3 is 0 Å². The van der Waals surface area contributed by atoms with Gasteiger partial charge in [-0.2, -0.15) is 5.10 Å². The molecule has 0 fully saturated rings. The lowest BCUT2D eigenvalue weighted by atomic mass is 10.2. The molecule has 1 amide bonds.